The molecule has 0 spiro atoms. The molecule has 0 radical (unpaired) electrons. The molecule has 0 aliphatic carbocycles. The predicted octanol–water partition coefficient (Wildman–Crippen LogP) is 2.64. The summed E-state index contributed by atoms with van der Waals surface area (Å²) in [6.07, 6.45) is 0.739. The molecule has 0 atom stereocenters. The molecule has 0 bridgehead atoms. The number of hydrogen-bond acceptors (Lipinski definition) is 5. The van der Waals surface area contributed by atoms with E-state index >= 15 is 0 Å². The Kier molecular flexibility index (Phi) is 5.45. The summed E-state index contributed by atoms with van der Waals surface area (Å²) >= 11 is 0. The highest BCUT2D eigenvalue weighted by atomic mass is 32.2. The van der Waals surface area contributed by atoms with Gasteiger partial charge in [0.2, 0.25) is 10.0 Å². The maximum atomic E-state index is 13.5. The first kappa shape index (κ1) is 19.0. The molecule has 1 aromatic carbocycles. The van der Waals surface area contributed by atoms with Crippen molar-refractivity contribution in [1.82, 2.24) is 14.4 Å². The van der Waals surface area contributed by atoms with Gasteiger partial charge in [-0.05, 0) is 57.5 Å². The predicted molar refractivity (Wildman–Crippen MR) is 95.8 cm³/mol. The number of aromatic nitrogens is 1. The van der Waals surface area contributed by atoms with E-state index in [4.69, 9.17) is 4.52 Å². The van der Waals surface area contributed by atoms with Crippen molar-refractivity contribution in [3.8, 4) is 0 Å². The minimum Gasteiger partial charge on any atom is -0.361 e. The molecule has 1 aromatic heterocycles. The molecule has 0 N–H and O–H groups in total. The molecule has 1 aliphatic rings. The Morgan fingerprint density at radius 1 is 1.15 bits per heavy atom. The summed E-state index contributed by atoms with van der Waals surface area (Å²) < 4.78 is 46.0. The Bertz CT molecular complexity index is 876. The van der Waals surface area contributed by atoms with E-state index in [-0.39, 0.29) is 4.90 Å². The lowest BCUT2D eigenvalue weighted by atomic mass is 10.2. The number of nitrogens with zero attached hydrogens (tertiary/aromatic N) is 3. The molecule has 0 amide bonds. The molecule has 2 aromatic rings. The van der Waals surface area contributed by atoms with Gasteiger partial charge in [-0.25, -0.2) is 12.8 Å². The molecule has 2 heterocycles. The van der Waals surface area contributed by atoms with Crippen LogP contribution < -0.4 is 0 Å². The van der Waals surface area contributed by atoms with Crippen molar-refractivity contribution in [2.24, 2.45) is 0 Å². The van der Waals surface area contributed by atoms with Crippen LogP contribution in [0.1, 0.15) is 29.0 Å². The summed E-state index contributed by atoms with van der Waals surface area (Å²) in [5.74, 6) is 0.406. The number of benzene rings is 1. The third-order valence-corrected chi connectivity index (χ3v) is 6.77. The van der Waals surface area contributed by atoms with Crippen molar-refractivity contribution in [2.75, 3.05) is 26.2 Å². The van der Waals surface area contributed by atoms with Crippen LogP contribution in [-0.2, 0) is 16.6 Å². The van der Waals surface area contributed by atoms with Crippen LogP contribution in [0.15, 0.2) is 27.6 Å². The first-order valence-corrected chi connectivity index (χ1v) is 10.1. The lowest BCUT2D eigenvalue weighted by Crippen LogP contribution is -2.35. The largest absolute Gasteiger partial charge is 0.361 e. The Morgan fingerprint density at radius 3 is 2.58 bits per heavy atom. The topological polar surface area (TPSA) is 66.7 Å². The second-order valence-electron chi connectivity index (χ2n) is 6.75. The third kappa shape index (κ3) is 3.82. The van der Waals surface area contributed by atoms with Crippen molar-refractivity contribution < 1.29 is 17.3 Å². The first-order chi connectivity index (χ1) is 12.3. The monoisotopic (exact) mass is 381 g/mol. The summed E-state index contributed by atoms with van der Waals surface area (Å²) in [7, 11) is -3.62. The summed E-state index contributed by atoms with van der Waals surface area (Å²) in [5.41, 5.74) is 2.27. The van der Waals surface area contributed by atoms with Crippen LogP contribution >= 0.6 is 0 Å². The van der Waals surface area contributed by atoms with Gasteiger partial charge in [0.1, 0.15) is 11.6 Å². The van der Waals surface area contributed by atoms with E-state index in [1.54, 1.807) is 6.92 Å². The SMILES string of the molecule is Cc1cc(S(=O)(=O)N2CCCN(Cc3c(C)noc3C)CC2)ccc1F. The molecular weight excluding hydrogens is 357 g/mol. The number of aryl methyl sites for hydroxylation is 3. The molecule has 0 unspecified atom stereocenters. The van der Waals surface area contributed by atoms with Gasteiger partial charge in [0.15, 0.2) is 0 Å². The zero-order valence-corrected chi connectivity index (χ0v) is 16.1. The van der Waals surface area contributed by atoms with E-state index in [0.29, 0.717) is 31.7 Å². The number of hydrogen-bond donors (Lipinski definition) is 0. The Balaban J connectivity index is 1.72. The Morgan fingerprint density at radius 2 is 1.92 bits per heavy atom. The van der Waals surface area contributed by atoms with Crippen molar-refractivity contribution in [3.63, 3.8) is 0 Å². The van der Waals surface area contributed by atoms with Gasteiger partial charge in [0.25, 0.3) is 0 Å². The van der Waals surface area contributed by atoms with Crippen LogP contribution in [0.5, 0.6) is 0 Å². The Hall–Kier alpha value is -1.77. The fraction of sp³-hybridized carbons (Fsp3) is 0.500. The number of halogens is 1. The zero-order chi connectivity index (χ0) is 18.9. The fourth-order valence-corrected chi connectivity index (χ4v) is 4.78. The molecule has 26 heavy (non-hydrogen) atoms. The Labute approximate surface area is 153 Å². The van der Waals surface area contributed by atoms with E-state index in [9.17, 15) is 12.8 Å². The van der Waals surface area contributed by atoms with Gasteiger partial charge in [-0.15, -0.1) is 0 Å². The van der Waals surface area contributed by atoms with Crippen LogP contribution in [0.4, 0.5) is 4.39 Å². The molecule has 0 saturated carbocycles. The minimum atomic E-state index is -3.62. The van der Waals surface area contributed by atoms with Crippen LogP contribution in [-0.4, -0.2) is 49.0 Å². The average Bonchev–Trinajstić information content (AvgIpc) is 2.79. The lowest BCUT2D eigenvalue weighted by Gasteiger charge is -2.22. The van der Waals surface area contributed by atoms with Gasteiger partial charge >= 0.3 is 0 Å². The highest BCUT2D eigenvalue weighted by Crippen LogP contribution is 2.21. The summed E-state index contributed by atoms with van der Waals surface area (Å²) in [4.78, 5) is 2.37. The van der Waals surface area contributed by atoms with Crippen LogP contribution in [0.3, 0.4) is 0 Å². The molecule has 6 nitrogen and oxygen atoms in total. The van der Waals surface area contributed by atoms with Gasteiger partial charge in [0.05, 0.1) is 10.6 Å². The molecule has 8 heteroatoms. The van der Waals surface area contributed by atoms with Gasteiger partial charge in [0, 0.05) is 31.7 Å². The van der Waals surface area contributed by atoms with Crippen molar-refractivity contribution in [1.29, 1.82) is 0 Å². The van der Waals surface area contributed by atoms with E-state index in [2.05, 4.69) is 10.1 Å². The quantitative estimate of drug-likeness (QED) is 0.815. The molecule has 1 fully saturated rings. The second-order valence-corrected chi connectivity index (χ2v) is 8.69. The van der Waals surface area contributed by atoms with Gasteiger partial charge in [-0.1, -0.05) is 5.16 Å². The highest BCUT2D eigenvalue weighted by Gasteiger charge is 2.27. The number of sulfonamides is 1. The molecule has 1 saturated heterocycles. The summed E-state index contributed by atoms with van der Waals surface area (Å²) in [6, 6.07) is 3.95. The molecular formula is C18H24FN3O3S. The third-order valence-electron chi connectivity index (χ3n) is 4.88. The normalized spacial score (nSPS) is 17.4. The minimum absolute atomic E-state index is 0.149. The first-order valence-electron chi connectivity index (χ1n) is 8.69. The van der Waals surface area contributed by atoms with Crippen molar-refractivity contribution in [2.45, 2.75) is 38.6 Å². The maximum absolute atomic E-state index is 13.5. The highest BCUT2D eigenvalue weighted by molar-refractivity contribution is 7.89. The maximum Gasteiger partial charge on any atom is 0.243 e. The van der Waals surface area contributed by atoms with Gasteiger partial charge < -0.3 is 4.52 Å². The zero-order valence-electron chi connectivity index (χ0n) is 15.3. The molecule has 3 rings (SSSR count). The molecule has 1 aliphatic heterocycles. The van der Waals surface area contributed by atoms with E-state index in [0.717, 1.165) is 30.0 Å². The standard InChI is InChI=1S/C18H24FN3O3S/c1-13-11-16(5-6-18(13)19)26(23,24)22-8-4-7-21(9-10-22)12-17-14(2)20-25-15(17)3/h5-6,11H,4,7-10,12H2,1-3H3. The lowest BCUT2D eigenvalue weighted by molar-refractivity contribution is 0.276. The van der Waals surface area contributed by atoms with Crippen LogP contribution in [0, 0.1) is 26.6 Å². The smallest absolute Gasteiger partial charge is 0.243 e. The van der Waals surface area contributed by atoms with Crippen LogP contribution in [0.2, 0.25) is 0 Å². The molecule has 142 valence electrons. The fourth-order valence-electron chi connectivity index (χ4n) is 3.22. The van der Waals surface area contributed by atoms with E-state index in [1.807, 2.05) is 13.8 Å². The van der Waals surface area contributed by atoms with Gasteiger partial charge in [-0.2, -0.15) is 4.31 Å². The van der Waals surface area contributed by atoms with Gasteiger partial charge in [-0.3, -0.25) is 4.90 Å². The number of rotatable bonds is 4. The van der Waals surface area contributed by atoms with Crippen molar-refractivity contribution in [3.05, 3.63) is 46.6 Å². The van der Waals surface area contributed by atoms with E-state index in [1.165, 1.54) is 22.5 Å². The second kappa shape index (κ2) is 7.46. The van der Waals surface area contributed by atoms with E-state index < -0.39 is 15.8 Å². The summed E-state index contributed by atoms with van der Waals surface area (Å²) in [6.45, 7) is 8.37. The van der Waals surface area contributed by atoms with Crippen LogP contribution in [0.25, 0.3) is 0 Å². The van der Waals surface area contributed by atoms with Crippen molar-refractivity contribution >= 4 is 10.0 Å². The average molecular weight is 381 g/mol. The summed E-state index contributed by atoms with van der Waals surface area (Å²) in [5, 5.41) is 3.98.